The first-order valence-corrected chi connectivity index (χ1v) is 10.5. The molecule has 2 aliphatic heterocycles. The van der Waals surface area contributed by atoms with Gasteiger partial charge >= 0.3 is 0 Å². The summed E-state index contributed by atoms with van der Waals surface area (Å²) in [5.74, 6) is -2.18. The van der Waals surface area contributed by atoms with Gasteiger partial charge < -0.3 is 14.8 Å². The molecule has 0 saturated carbocycles. The summed E-state index contributed by atoms with van der Waals surface area (Å²) in [4.78, 5) is 40.2. The van der Waals surface area contributed by atoms with Crippen molar-refractivity contribution in [3.63, 3.8) is 0 Å². The van der Waals surface area contributed by atoms with Crippen molar-refractivity contribution < 1.29 is 19.5 Å². The zero-order valence-corrected chi connectivity index (χ0v) is 17.4. The number of fused-ring (bicyclic) bond motifs is 1. The number of rotatable bonds is 7. The maximum Gasteiger partial charge on any atom is 0.267 e. The zero-order chi connectivity index (χ0) is 20.4. The van der Waals surface area contributed by atoms with E-state index in [4.69, 9.17) is 12.2 Å². The molecule has 1 aromatic rings. The number of aliphatic carboxylic acids is 1. The highest BCUT2D eigenvalue weighted by molar-refractivity contribution is 8.26. The summed E-state index contributed by atoms with van der Waals surface area (Å²) in [7, 11) is 0. The Morgan fingerprint density at radius 1 is 1.18 bits per heavy atom. The third kappa shape index (κ3) is 3.58. The third-order valence-electron chi connectivity index (χ3n) is 4.91. The Kier molecular flexibility index (Phi) is 6.20. The number of carboxylic acids is 1. The van der Waals surface area contributed by atoms with Gasteiger partial charge in [-0.1, -0.05) is 68.4 Å². The van der Waals surface area contributed by atoms with E-state index >= 15 is 0 Å². The van der Waals surface area contributed by atoms with E-state index in [-0.39, 0.29) is 15.1 Å². The molecule has 2 heterocycles. The second-order valence-electron chi connectivity index (χ2n) is 6.78. The molecule has 1 fully saturated rings. The van der Waals surface area contributed by atoms with Gasteiger partial charge in [-0.05, 0) is 19.4 Å². The molecule has 6 nitrogen and oxygen atoms in total. The number of carbonyl (C=O) groups excluding carboxylic acids is 3. The molecule has 2 amide bonds. The molecule has 0 aliphatic carbocycles. The molecule has 2 aliphatic rings. The Bertz CT molecular complexity index is 881. The highest BCUT2D eigenvalue weighted by atomic mass is 32.2. The van der Waals surface area contributed by atoms with E-state index in [1.807, 2.05) is 24.3 Å². The summed E-state index contributed by atoms with van der Waals surface area (Å²) < 4.78 is 0.121. The lowest BCUT2D eigenvalue weighted by atomic mass is 10.1. The quantitative estimate of drug-likeness (QED) is 0.385. The van der Waals surface area contributed by atoms with E-state index in [2.05, 4.69) is 6.92 Å². The molecule has 0 radical (unpaired) electrons. The van der Waals surface area contributed by atoms with Crippen molar-refractivity contribution in [2.24, 2.45) is 0 Å². The Hall–Kier alpha value is -2.19. The lowest BCUT2D eigenvalue weighted by Crippen LogP contribution is -2.48. The van der Waals surface area contributed by atoms with Crippen molar-refractivity contribution in [3.05, 3.63) is 34.7 Å². The number of thiocarbonyl (C=S) groups is 1. The summed E-state index contributed by atoms with van der Waals surface area (Å²) in [5, 5.41) is 11.2. The van der Waals surface area contributed by atoms with Crippen LogP contribution in [0.3, 0.4) is 0 Å². The highest BCUT2D eigenvalue weighted by Crippen LogP contribution is 2.45. The van der Waals surface area contributed by atoms with Crippen LogP contribution in [0, 0.1) is 0 Å². The fourth-order valence-electron chi connectivity index (χ4n) is 3.39. The second-order valence-corrected chi connectivity index (χ2v) is 8.42. The largest absolute Gasteiger partial charge is 0.548 e. The van der Waals surface area contributed by atoms with Crippen LogP contribution in [0.5, 0.6) is 0 Å². The molecule has 3 rings (SSSR count). The molecule has 1 aromatic carbocycles. The van der Waals surface area contributed by atoms with Gasteiger partial charge in [0.1, 0.15) is 4.32 Å². The van der Waals surface area contributed by atoms with Gasteiger partial charge in [-0.2, -0.15) is 0 Å². The number of nitrogens with zero attached hydrogens (tertiary/aromatic N) is 2. The van der Waals surface area contributed by atoms with E-state index in [0.29, 0.717) is 17.7 Å². The van der Waals surface area contributed by atoms with Crippen molar-refractivity contribution in [2.45, 2.75) is 45.6 Å². The first kappa shape index (κ1) is 20.5. The first-order valence-electron chi connectivity index (χ1n) is 9.30. The molecule has 0 N–H and O–H groups in total. The normalized spacial score (nSPS) is 20.1. The van der Waals surface area contributed by atoms with Crippen LogP contribution < -0.4 is 10.0 Å². The maximum absolute atomic E-state index is 13.2. The number of amides is 2. The molecule has 0 spiro atoms. The molecule has 0 aromatic heterocycles. The average Bonchev–Trinajstić information content (AvgIpc) is 3.11. The monoisotopic (exact) mass is 417 g/mol. The smallest absolute Gasteiger partial charge is 0.267 e. The Labute approximate surface area is 173 Å². The molecular formula is C20H21N2O4S2-. The Morgan fingerprint density at radius 3 is 2.57 bits per heavy atom. The second kappa shape index (κ2) is 8.45. The van der Waals surface area contributed by atoms with Gasteiger partial charge in [0.05, 0.1) is 28.2 Å². The van der Waals surface area contributed by atoms with E-state index < -0.39 is 17.9 Å². The number of carboxylic acid groups (broad SMARTS) is 1. The maximum atomic E-state index is 13.2. The van der Waals surface area contributed by atoms with Crippen molar-refractivity contribution in [1.82, 2.24) is 4.90 Å². The number of hydrogen-bond donors (Lipinski definition) is 0. The Morgan fingerprint density at radius 2 is 1.89 bits per heavy atom. The van der Waals surface area contributed by atoms with Crippen LogP contribution in [0.4, 0.5) is 5.69 Å². The van der Waals surface area contributed by atoms with Crippen molar-refractivity contribution in [3.8, 4) is 0 Å². The molecule has 28 heavy (non-hydrogen) atoms. The van der Waals surface area contributed by atoms with Gasteiger partial charge in [0, 0.05) is 12.1 Å². The van der Waals surface area contributed by atoms with Gasteiger partial charge in [0.15, 0.2) is 0 Å². The minimum Gasteiger partial charge on any atom is -0.548 e. The molecular weight excluding hydrogens is 396 g/mol. The lowest BCUT2D eigenvalue weighted by Gasteiger charge is -2.23. The first-order chi connectivity index (χ1) is 13.4. The van der Waals surface area contributed by atoms with Gasteiger partial charge in [0.2, 0.25) is 0 Å². The number of para-hydroxylation sites is 1. The predicted octanol–water partition coefficient (Wildman–Crippen LogP) is 2.32. The molecule has 148 valence electrons. The van der Waals surface area contributed by atoms with E-state index in [9.17, 15) is 19.5 Å². The predicted molar refractivity (Wildman–Crippen MR) is 111 cm³/mol. The number of carbonyl (C=O) groups is 3. The van der Waals surface area contributed by atoms with Crippen molar-refractivity contribution in [2.75, 3.05) is 11.4 Å². The summed E-state index contributed by atoms with van der Waals surface area (Å²) in [6.45, 7) is 4.05. The molecule has 1 saturated heterocycles. The van der Waals surface area contributed by atoms with E-state index in [1.165, 1.54) is 6.92 Å². The number of unbranched alkanes of at least 4 members (excludes halogenated alkanes) is 3. The third-order valence-corrected chi connectivity index (χ3v) is 6.31. The van der Waals surface area contributed by atoms with Crippen LogP contribution in [-0.2, 0) is 14.4 Å². The SMILES string of the molecule is CCCCCCN1C(=O)C(=C2SC(=S)N(C(C)C(=O)[O-])C2=O)c2ccccc21. The van der Waals surface area contributed by atoms with Crippen molar-refractivity contribution in [1.29, 1.82) is 0 Å². The fourth-order valence-corrected chi connectivity index (χ4v) is 4.88. The van der Waals surface area contributed by atoms with Crippen LogP contribution in [0.25, 0.3) is 5.57 Å². The lowest BCUT2D eigenvalue weighted by molar-refractivity contribution is -0.309. The van der Waals surface area contributed by atoms with Gasteiger partial charge in [0.25, 0.3) is 11.8 Å². The van der Waals surface area contributed by atoms with Gasteiger partial charge in [-0.15, -0.1) is 0 Å². The minimum atomic E-state index is -1.39. The van der Waals surface area contributed by atoms with E-state index in [0.717, 1.165) is 48.0 Å². The summed E-state index contributed by atoms with van der Waals surface area (Å²) in [6.07, 6.45) is 4.12. The topological polar surface area (TPSA) is 80.8 Å². The van der Waals surface area contributed by atoms with Crippen LogP contribution >= 0.6 is 24.0 Å². The molecule has 1 atom stereocenters. The molecule has 0 bridgehead atoms. The summed E-state index contributed by atoms with van der Waals surface area (Å²) in [6, 6.07) is 6.16. The number of benzene rings is 1. The standard InChI is InChI=1S/C20H22N2O4S2/c1-3-4-5-8-11-21-14-10-7-6-9-13(14)15(17(21)23)16-18(24)22(20(27)28-16)12(2)19(25)26/h6-7,9-10,12H,3-5,8,11H2,1-2H3,(H,25,26)/p-1. The summed E-state index contributed by atoms with van der Waals surface area (Å²) in [5.41, 5.74) is 1.76. The molecule has 8 heteroatoms. The van der Waals surface area contributed by atoms with Crippen LogP contribution in [0.2, 0.25) is 0 Å². The van der Waals surface area contributed by atoms with E-state index in [1.54, 1.807) is 4.90 Å². The fraction of sp³-hybridized carbons (Fsp3) is 0.400. The zero-order valence-electron chi connectivity index (χ0n) is 15.8. The highest BCUT2D eigenvalue weighted by Gasteiger charge is 2.43. The molecule has 1 unspecified atom stereocenters. The summed E-state index contributed by atoms with van der Waals surface area (Å²) >= 11 is 6.18. The number of anilines is 1. The minimum absolute atomic E-state index is 0.121. The van der Waals surface area contributed by atoms with Crippen LogP contribution in [0.15, 0.2) is 29.2 Å². The average molecular weight is 418 g/mol. The van der Waals surface area contributed by atoms with Crippen LogP contribution in [-0.4, -0.2) is 39.6 Å². The van der Waals surface area contributed by atoms with Gasteiger partial charge in [-0.25, -0.2) is 0 Å². The Balaban J connectivity index is 1.98. The van der Waals surface area contributed by atoms with Gasteiger partial charge in [-0.3, -0.25) is 14.5 Å². The number of thioether (sulfide) groups is 1. The van der Waals surface area contributed by atoms with Crippen LogP contribution in [0.1, 0.15) is 45.1 Å². The number of hydrogen-bond acceptors (Lipinski definition) is 6. The van der Waals surface area contributed by atoms with Crippen molar-refractivity contribution >= 4 is 57.3 Å².